The quantitative estimate of drug-likeness (QED) is 0.773. The Bertz CT molecular complexity index is 715. The summed E-state index contributed by atoms with van der Waals surface area (Å²) < 4.78 is 14.2. The minimum Gasteiger partial charge on any atom is -0.306 e. The van der Waals surface area contributed by atoms with Crippen molar-refractivity contribution in [2.75, 3.05) is 0 Å². The zero-order valence-corrected chi connectivity index (χ0v) is 13.9. The molecule has 1 saturated carbocycles. The van der Waals surface area contributed by atoms with Crippen LogP contribution in [0.3, 0.4) is 0 Å². The Hall–Kier alpha value is -1.24. The molecule has 1 aliphatic rings. The normalized spacial score (nSPS) is 15.6. The lowest BCUT2D eigenvalue weighted by atomic mass is 10.0. The van der Waals surface area contributed by atoms with Crippen molar-refractivity contribution in [1.82, 2.24) is 9.97 Å². The molecule has 3 rings (SSSR count). The van der Waals surface area contributed by atoms with Crippen LogP contribution >= 0.6 is 22.6 Å². The van der Waals surface area contributed by atoms with Gasteiger partial charge in [0.2, 0.25) is 0 Å². The van der Waals surface area contributed by atoms with E-state index in [-0.39, 0.29) is 11.4 Å². The molecule has 1 heterocycles. The average molecular weight is 398 g/mol. The Kier molecular flexibility index (Phi) is 4.10. The van der Waals surface area contributed by atoms with Crippen LogP contribution < -0.4 is 5.56 Å². The standard InChI is InChI=1S/C16H16FIN2O/c1-9-6-11(8-12(17)7-9)15-19-14(10-4-2-3-5-10)13(18)16(21)20-15/h6-8,10H,2-5H2,1H3,(H,19,20,21). The van der Waals surface area contributed by atoms with E-state index in [9.17, 15) is 9.18 Å². The molecule has 0 radical (unpaired) electrons. The lowest BCUT2D eigenvalue weighted by Crippen LogP contribution is -2.18. The number of benzene rings is 1. The number of hydrogen-bond acceptors (Lipinski definition) is 2. The van der Waals surface area contributed by atoms with Crippen molar-refractivity contribution in [3.63, 3.8) is 0 Å². The fourth-order valence-corrected chi connectivity index (χ4v) is 3.65. The van der Waals surface area contributed by atoms with Crippen LogP contribution in [0.25, 0.3) is 11.4 Å². The van der Waals surface area contributed by atoms with Crippen molar-refractivity contribution in [2.24, 2.45) is 0 Å². The van der Waals surface area contributed by atoms with Gasteiger partial charge in [0.15, 0.2) is 0 Å². The van der Waals surface area contributed by atoms with Gasteiger partial charge in [-0.05, 0) is 66.1 Å². The van der Waals surface area contributed by atoms with Gasteiger partial charge in [-0.3, -0.25) is 4.79 Å². The highest BCUT2D eigenvalue weighted by atomic mass is 127. The predicted octanol–water partition coefficient (Wildman–Crippen LogP) is 4.15. The Morgan fingerprint density at radius 1 is 1.29 bits per heavy atom. The second kappa shape index (κ2) is 5.87. The first kappa shape index (κ1) is 14.7. The first-order valence-corrected chi connectivity index (χ1v) is 8.20. The maximum Gasteiger partial charge on any atom is 0.264 e. The summed E-state index contributed by atoms with van der Waals surface area (Å²) in [6.45, 7) is 1.83. The summed E-state index contributed by atoms with van der Waals surface area (Å²) >= 11 is 2.06. The summed E-state index contributed by atoms with van der Waals surface area (Å²) in [7, 11) is 0. The Morgan fingerprint density at radius 3 is 2.67 bits per heavy atom. The summed E-state index contributed by atoms with van der Waals surface area (Å²) in [5.74, 6) is 0.506. The van der Waals surface area contributed by atoms with E-state index in [0.717, 1.165) is 24.1 Å². The number of aromatic nitrogens is 2. The number of nitrogens with zero attached hydrogens (tertiary/aromatic N) is 1. The molecule has 1 fully saturated rings. The van der Waals surface area contributed by atoms with E-state index in [2.05, 4.69) is 32.6 Å². The Balaban J connectivity index is 2.12. The summed E-state index contributed by atoms with van der Waals surface area (Å²) in [5.41, 5.74) is 2.17. The van der Waals surface area contributed by atoms with Crippen LogP contribution in [0.15, 0.2) is 23.0 Å². The highest BCUT2D eigenvalue weighted by molar-refractivity contribution is 14.1. The lowest BCUT2D eigenvalue weighted by molar-refractivity contribution is 0.627. The number of halogens is 2. The molecule has 1 aromatic heterocycles. The number of rotatable bonds is 2. The summed E-state index contributed by atoms with van der Waals surface area (Å²) in [5, 5.41) is 0. The zero-order chi connectivity index (χ0) is 15.0. The summed E-state index contributed by atoms with van der Waals surface area (Å²) in [4.78, 5) is 19.6. The highest BCUT2D eigenvalue weighted by Crippen LogP contribution is 2.35. The number of H-pyrrole nitrogens is 1. The molecule has 0 unspecified atom stereocenters. The van der Waals surface area contributed by atoms with E-state index >= 15 is 0 Å². The van der Waals surface area contributed by atoms with Gasteiger partial charge in [0.05, 0.1) is 9.26 Å². The number of hydrogen-bond donors (Lipinski definition) is 1. The molecular formula is C16H16FIN2O. The molecule has 0 bridgehead atoms. The number of aryl methyl sites for hydroxylation is 1. The molecule has 1 aliphatic carbocycles. The monoisotopic (exact) mass is 398 g/mol. The van der Waals surface area contributed by atoms with Gasteiger partial charge in [0.25, 0.3) is 5.56 Å². The van der Waals surface area contributed by atoms with Crippen LogP contribution in [-0.4, -0.2) is 9.97 Å². The molecule has 21 heavy (non-hydrogen) atoms. The second-order valence-corrected chi connectivity index (χ2v) is 6.69. The summed E-state index contributed by atoms with van der Waals surface area (Å²) in [6, 6.07) is 4.72. The molecule has 2 aromatic rings. The van der Waals surface area contributed by atoms with Gasteiger partial charge in [-0.25, -0.2) is 9.37 Å². The van der Waals surface area contributed by atoms with Crippen LogP contribution in [0.4, 0.5) is 4.39 Å². The molecule has 0 saturated heterocycles. The van der Waals surface area contributed by atoms with Crippen molar-refractivity contribution >= 4 is 22.6 Å². The largest absolute Gasteiger partial charge is 0.306 e. The van der Waals surface area contributed by atoms with E-state index in [1.807, 2.05) is 13.0 Å². The van der Waals surface area contributed by atoms with Crippen LogP contribution in [-0.2, 0) is 0 Å². The highest BCUT2D eigenvalue weighted by Gasteiger charge is 2.23. The maximum absolute atomic E-state index is 13.6. The van der Waals surface area contributed by atoms with Crippen molar-refractivity contribution < 1.29 is 4.39 Å². The van der Waals surface area contributed by atoms with E-state index in [1.54, 1.807) is 0 Å². The van der Waals surface area contributed by atoms with Gasteiger partial charge < -0.3 is 4.98 Å². The fourth-order valence-electron chi connectivity index (χ4n) is 2.96. The molecule has 0 aliphatic heterocycles. The smallest absolute Gasteiger partial charge is 0.264 e. The van der Waals surface area contributed by atoms with Crippen molar-refractivity contribution in [3.05, 3.63) is 49.2 Å². The average Bonchev–Trinajstić information content (AvgIpc) is 2.94. The Morgan fingerprint density at radius 2 is 2.00 bits per heavy atom. The van der Waals surface area contributed by atoms with Gasteiger partial charge in [-0.1, -0.05) is 12.8 Å². The fraction of sp³-hybridized carbons (Fsp3) is 0.375. The Labute approximate surface area is 136 Å². The second-order valence-electron chi connectivity index (χ2n) is 5.61. The third kappa shape index (κ3) is 3.02. The molecule has 1 N–H and O–H groups in total. The van der Waals surface area contributed by atoms with E-state index < -0.39 is 0 Å². The third-order valence-electron chi connectivity index (χ3n) is 3.95. The van der Waals surface area contributed by atoms with E-state index in [0.29, 0.717) is 20.9 Å². The van der Waals surface area contributed by atoms with Gasteiger partial charge in [-0.15, -0.1) is 0 Å². The number of nitrogens with one attached hydrogen (secondary N) is 1. The van der Waals surface area contributed by atoms with Crippen LogP contribution in [0.5, 0.6) is 0 Å². The number of aromatic amines is 1. The van der Waals surface area contributed by atoms with Crippen molar-refractivity contribution in [1.29, 1.82) is 0 Å². The molecule has 5 heteroatoms. The van der Waals surface area contributed by atoms with Gasteiger partial charge in [0, 0.05) is 11.5 Å². The minimum atomic E-state index is -0.311. The zero-order valence-electron chi connectivity index (χ0n) is 11.7. The SMILES string of the molecule is Cc1cc(F)cc(-c2nc(C3CCCC3)c(I)c(=O)[nH]2)c1. The van der Waals surface area contributed by atoms with Gasteiger partial charge >= 0.3 is 0 Å². The summed E-state index contributed by atoms with van der Waals surface area (Å²) in [6.07, 6.45) is 4.52. The predicted molar refractivity (Wildman–Crippen MR) is 88.9 cm³/mol. The molecule has 1 aromatic carbocycles. The van der Waals surface area contributed by atoms with Gasteiger partial charge in [-0.2, -0.15) is 0 Å². The maximum atomic E-state index is 13.6. The molecule has 3 nitrogen and oxygen atoms in total. The van der Waals surface area contributed by atoms with Crippen molar-refractivity contribution in [2.45, 2.75) is 38.5 Å². The minimum absolute atomic E-state index is 0.135. The first-order valence-electron chi connectivity index (χ1n) is 7.12. The molecule has 0 atom stereocenters. The van der Waals surface area contributed by atoms with Crippen LogP contribution in [0, 0.1) is 16.3 Å². The van der Waals surface area contributed by atoms with Gasteiger partial charge in [0.1, 0.15) is 11.6 Å². The van der Waals surface area contributed by atoms with Crippen LogP contribution in [0.2, 0.25) is 0 Å². The molecule has 0 spiro atoms. The van der Waals surface area contributed by atoms with E-state index in [1.165, 1.54) is 25.0 Å². The van der Waals surface area contributed by atoms with E-state index in [4.69, 9.17) is 0 Å². The molecular weight excluding hydrogens is 382 g/mol. The first-order chi connectivity index (χ1) is 10.0. The third-order valence-corrected chi connectivity index (χ3v) is 4.99. The lowest BCUT2D eigenvalue weighted by Gasteiger charge is -2.12. The topological polar surface area (TPSA) is 45.8 Å². The molecule has 110 valence electrons. The van der Waals surface area contributed by atoms with Crippen LogP contribution in [0.1, 0.15) is 42.9 Å². The van der Waals surface area contributed by atoms with Crippen molar-refractivity contribution in [3.8, 4) is 11.4 Å². The molecule has 0 amide bonds.